The molecule has 4 aromatic rings. The van der Waals surface area contributed by atoms with Gasteiger partial charge in [-0.05, 0) is 43.2 Å². The SMILES string of the molecule is NC(=O)c1ccc(Nc2cc(Oc3sc(C4CC4)nc3-c3ccccc3)ccn2)cc1. The van der Waals surface area contributed by atoms with Crippen molar-refractivity contribution in [2.75, 3.05) is 5.32 Å². The Bertz CT molecular complexity index is 1220. The van der Waals surface area contributed by atoms with E-state index in [2.05, 4.69) is 10.3 Å². The molecule has 6 nitrogen and oxygen atoms in total. The van der Waals surface area contributed by atoms with E-state index in [1.54, 1.807) is 41.8 Å². The van der Waals surface area contributed by atoms with Crippen molar-refractivity contribution in [3.63, 3.8) is 0 Å². The number of rotatable bonds is 7. The predicted molar refractivity (Wildman–Crippen MR) is 122 cm³/mol. The van der Waals surface area contributed by atoms with Crippen LogP contribution in [0.5, 0.6) is 10.8 Å². The summed E-state index contributed by atoms with van der Waals surface area (Å²) < 4.78 is 6.27. The molecule has 0 atom stereocenters. The van der Waals surface area contributed by atoms with Crippen LogP contribution >= 0.6 is 11.3 Å². The Hall–Kier alpha value is -3.71. The predicted octanol–water partition coefficient (Wildman–Crippen LogP) is 5.72. The van der Waals surface area contributed by atoms with Crippen LogP contribution in [-0.4, -0.2) is 15.9 Å². The molecule has 31 heavy (non-hydrogen) atoms. The Morgan fingerprint density at radius 2 is 1.84 bits per heavy atom. The summed E-state index contributed by atoms with van der Waals surface area (Å²) >= 11 is 1.62. The molecule has 3 N–H and O–H groups in total. The number of anilines is 2. The average molecular weight is 429 g/mol. The van der Waals surface area contributed by atoms with Gasteiger partial charge in [-0.15, -0.1) is 0 Å². The molecule has 0 aliphatic heterocycles. The molecule has 7 heteroatoms. The number of pyridine rings is 1. The van der Waals surface area contributed by atoms with Crippen LogP contribution < -0.4 is 15.8 Å². The van der Waals surface area contributed by atoms with E-state index in [4.69, 9.17) is 15.5 Å². The van der Waals surface area contributed by atoms with E-state index >= 15 is 0 Å². The van der Waals surface area contributed by atoms with Gasteiger partial charge in [0.25, 0.3) is 0 Å². The van der Waals surface area contributed by atoms with Crippen molar-refractivity contribution >= 4 is 28.7 Å². The van der Waals surface area contributed by atoms with E-state index in [0.29, 0.717) is 23.0 Å². The lowest BCUT2D eigenvalue weighted by molar-refractivity contribution is 0.100. The number of carbonyl (C=O) groups is 1. The first-order chi connectivity index (χ1) is 15.2. The summed E-state index contributed by atoms with van der Waals surface area (Å²) in [4.78, 5) is 20.5. The number of hydrogen-bond donors (Lipinski definition) is 2. The highest BCUT2D eigenvalue weighted by Gasteiger charge is 2.29. The largest absolute Gasteiger partial charge is 0.444 e. The summed E-state index contributed by atoms with van der Waals surface area (Å²) in [7, 11) is 0. The van der Waals surface area contributed by atoms with E-state index in [1.165, 1.54) is 12.8 Å². The smallest absolute Gasteiger partial charge is 0.248 e. The van der Waals surface area contributed by atoms with E-state index in [0.717, 1.165) is 27.0 Å². The Morgan fingerprint density at radius 3 is 2.55 bits per heavy atom. The molecule has 0 radical (unpaired) electrons. The molecule has 1 saturated carbocycles. The second kappa shape index (κ2) is 8.20. The van der Waals surface area contributed by atoms with Crippen molar-refractivity contribution in [2.45, 2.75) is 18.8 Å². The Kier molecular flexibility index (Phi) is 5.09. The van der Waals surface area contributed by atoms with Crippen molar-refractivity contribution in [1.29, 1.82) is 0 Å². The Morgan fingerprint density at radius 1 is 1.06 bits per heavy atom. The zero-order chi connectivity index (χ0) is 21.2. The third-order valence-electron chi connectivity index (χ3n) is 4.97. The quantitative estimate of drug-likeness (QED) is 0.393. The maximum absolute atomic E-state index is 11.2. The number of ether oxygens (including phenoxy) is 1. The molecule has 2 heterocycles. The van der Waals surface area contributed by atoms with Gasteiger partial charge in [-0.1, -0.05) is 41.7 Å². The number of amides is 1. The molecular formula is C24H20N4O2S. The van der Waals surface area contributed by atoms with Crippen LogP contribution in [0.1, 0.15) is 34.1 Å². The van der Waals surface area contributed by atoms with Crippen molar-refractivity contribution in [3.05, 3.63) is 83.5 Å². The van der Waals surface area contributed by atoms with Crippen molar-refractivity contribution in [2.24, 2.45) is 5.73 Å². The van der Waals surface area contributed by atoms with Gasteiger partial charge >= 0.3 is 0 Å². The van der Waals surface area contributed by atoms with E-state index in [1.807, 2.05) is 42.5 Å². The van der Waals surface area contributed by atoms with Gasteiger partial charge in [0.2, 0.25) is 11.0 Å². The molecule has 154 valence electrons. The first-order valence-corrected chi connectivity index (χ1v) is 10.8. The van der Waals surface area contributed by atoms with Crippen LogP contribution in [0, 0.1) is 0 Å². The molecule has 0 spiro atoms. The second-order valence-electron chi connectivity index (χ2n) is 7.37. The van der Waals surface area contributed by atoms with Gasteiger partial charge in [0.15, 0.2) is 0 Å². The van der Waals surface area contributed by atoms with Crippen molar-refractivity contribution in [3.8, 4) is 22.1 Å². The average Bonchev–Trinajstić information content (AvgIpc) is 3.56. The fraction of sp³-hybridized carbons (Fsp3) is 0.125. The Labute approximate surface area is 183 Å². The Balaban J connectivity index is 1.39. The van der Waals surface area contributed by atoms with Crippen LogP contribution in [0.2, 0.25) is 0 Å². The maximum atomic E-state index is 11.2. The van der Waals surface area contributed by atoms with E-state index < -0.39 is 5.91 Å². The molecule has 0 bridgehead atoms. The molecule has 1 aliphatic carbocycles. The van der Waals surface area contributed by atoms with E-state index in [9.17, 15) is 4.79 Å². The minimum atomic E-state index is -0.454. The summed E-state index contributed by atoms with van der Waals surface area (Å²) in [5.74, 6) is 1.42. The lowest BCUT2D eigenvalue weighted by Gasteiger charge is -2.09. The fourth-order valence-electron chi connectivity index (χ4n) is 3.19. The third kappa shape index (κ3) is 4.41. The molecule has 1 aliphatic rings. The number of aromatic nitrogens is 2. The number of nitrogens with one attached hydrogen (secondary N) is 1. The number of carbonyl (C=O) groups excluding carboxylic acids is 1. The molecule has 1 amide bonds. The van der Waals surface area contributed by atoms with Gasteiger partial charge in [-0.2, -0.15) is 0 Å². The summed E-state index contributed by atoms with van der Waals surface area (Å²) in [6.45, 7) is 0. The highest BCUT2D eigenvalue weighted by atomic mass is 32.1. The third-order valence-corrected chi connectivity index (χ3v) is 6.07. The van der Waals surface area contributed by atoms with Gasteiger partial charge in [0, 0.05) is 35.0 Å². The maximum Gasteiger partial charge on any atom is 0.248 e. The lowest BCUT2D eigenvalue weighted by Crippen LogP contribution is -2.10. The number of primary amides is 1. The zero-order valence-electron chi connectivity index (χ0n) is 16.6. The summed E-state index contributed by atoms with van der Waals surface area (Å²) in [6.07, 6.45) is 4.08. The normalized spacial score (nSPS) is 13.0. The van der Waals surface area contributed by atoms with Crippen LogP contribution in [0.15, 0.2) is 72.9 Å². The monoisotopic (exact) mass is 428 g/mol. The molecule has 2 aromatic heterocycles. The van der Waals surface area contributed by atoms with Crippen LogP contribution in [0.25, 0.3) is 11.3 Å². The molecule has 0 unspecified atom stereocenters. The summed E-state index contributed by atoms with van der Waals surface area (Å²) in [5.41, 5.74) is 8.47. The van der Waals surface area contributed by atoms with Crippen LogP contribution in [0.3, 0.4) is 0 Å². The minimum Gasteiger partial charge on any atom is -0.444 e. The van der Waals surface area contributed by atoms with E-state index in [-0.39, 0.29) is 0 Å². The summed E-state index contributed by atoms with van der Waals surface area (Å²) in [6, 6.07) is 20.7. The van der Waals surface area contributed by atoms with Gasteiger partial charge in [-0.3, -0.25) is 4.79 Å². The topological polar surface area (TPSA) is 90.1 Å². The first-order valence-electron chi connectivity index (χ1n) is 10.0. The molecule has 5 rings (SSSR count). The van der Waals surface area contributed by atoms with Gasteiger partial charge in [0.1, 0.15) is 22.3 Å². The fourth-order valence-corrected chi connectivity index (χ4v) is 4.32. The molecular weight excluding hydrogens is 408 g/mol. The highest BCUT2D eigenvalue weighted by molar-refractivity contribution is 7.14. The van der Waals surface area contributed by atoms with Crippen LogP contribution in [-0.2, 0) is 0 Å². The minimum absolute atomic E-state index is 0.454. The lowest BCUT2D eigenvalue weighted by atomic mass is 10.2. The second-order valence-corrected chi connectivity index (χ2v) is 8.37. The summed E-state index contributed by atoms with van der Waals surface area (Å²) in [5, 5.41) is 5.14. The molecule has 2 aromatic carbocycles. The number of hydrogen-bond acceptors (Lipinski definition) is 6. The van der Waals surface area contributed by atoms with Gasteiger partial charge in [0.05, 0.1) is 0 Å². The standard InChI is InChI=1S/C24H20N4O2S/c25-22(29)16-8-10-18(11-9-16)27-20-14-19(12-13-26-20)30-24-21(15-4-2-1-3-5-15)28-23(31-24)17-6-7-17/h1-5,8-14,17H,6-7H2,(H2,25,29)(H,26,27). The molecule has 1 fully saturated rings. The number of nitrogens with two attached hydrogens (primary N) is 1. The van der Waals surface area contributed by atoms with Crippen LogP contribution in [0.4, 0.5) is 11.5 Å². The highest BCUT2D eigenvalue weighted by Crippen LogP contribution is 2.48. The zero-order valence-corrected chi connectivity index (χ0v) is 17.4. The molecule has 0 saturated heterocycles. The van der Waals surface area contributed by atoms with Crippen molar-refractivity contribution in [1.82, 2.24) is 9.97 Å². The number of nitrogens with zero attached hydrogens (tertiary/aromatic N) is 2. The number of thiazole rings is 1. The van der Waals surface area contributed by atoms with Gasteiger partial charge in [-0.25, -0.2) is 9.97 Å². The number of benzene rings is 2. The first kappa shape index (κ1) is 19.3. The van der Waals surface area contributed by atoms with Gasteiger partial charge < -0.3 is 15.8 Å². The van der Waals surface area contributed by atoms with Crippen molar-refractivity contribution < 1.29 is 9.53 Å².